The molecule has 0 aliphatic carbocycles. The Labute approximate surface area is 193 Å². The van der Waals surface area contributed by atoms with Gasteiger partial charge >= 0.3 is 5.97 Å². The average Bonchev–Trinajstić information content (AvgIpc) is 3.53. The molecule has 0 bridgehead atoms. The molecule has 0 radical (unpaired) electrons. The number of carbonyl (C=O) groups excluding carboxylic acids is 2. The van der Waals surface area contributed by atoms with E-state index in [2.05, 4.69) is 15.5 Å². The van der Waals surface area contributed by atoms with Crippen molar-refractivity contribution in [1.82, 2.24) is 10.2 Å². The third kappa shape index (κ3) is 5.12. The van der Waals surface area contributed by atoms with E-state index in [1.807, 2.05) is 48.0 Å². The minimum absolute atomic E-state index is 0.142. The lowest BCUT2D eigenvalue weighted by Crippen LogP contribution is -2.14. The number of anilines is 1. The molecule has 0 saturated carbocycles. The Morgan fingerprint density at radius 3 is 2.66 bits per heavy atom. The second-order valence-corrected chi connectivity index (χ2v) is 8.83. The fourth-order valence-corrected chi connectivity index (χ4v) is 4.63. The number of esters is 1. The lowest BCUT2D eigenvalue weighted by Gasteiger charge is -2.05. The molecule has 0 fully saturated rings. The molecule has 0 spiro atoms. The molecular formula is C23H21N3O4S2. The monoisotopic (exact) mass is 467 g/mol. The molecule has 0 aliphatic heterocycles. The van der Waals surface area contributed by atoms with Crippen molar-refractivity contribution in [1.29, 1.82) is 0 Å². The Bertz CT molecular complexity index is 1210. The summed E-state index contributed by atoms with van der Waals surface area (Å²) in [5, 5.41) is 14.7. The zero-order chi connectivity index (χ0) is 22.5. The van der Waals surface area contributed by atoms with E-state index in [9.17, 15) is 9.59 Å². The van der Waals surface area contributed by atoms with Gasteiger partial charge in [-0.1, -0.05) is 29.8 Å². The Hall–Kier alpha value is -3.30. The molecule has 4 aromatic rings. The van der Waals surface area contributed by atoms with Gasteiger partial charge in [-0.2, -0.15) is 11.3 Å². The maximum absolute atomic E-state index is 12.6. The number of thiophene rings is 2. The van der Waals surface area contributed by atoms with Gasteiger partial charge in [0.1, 0.15) is 4.88 Å². The first-order valence-electron chi connectivity index (χ1n) is 10.1. The molecule has 4 rings (SSSR count). The lowest BCUT2D eigenvalue weighted by molar-refractivity contribution is -0.116. The molecule has 1 amide bonds. The van der Waals surface area contributed by atoms with Gasteiger partial charge in [-0.3, -0.25) is 4.79 Å². The van der Waals surface area contributed by atoms with Crippen LogP contribution in [0.3, 0.4) is 0 Å². The summed E-state index contributed by atoms with van der Waals surface area (Å²) in [7, 11) is 0. The molecule has 7 nitrogen and oxygen atoms in total. The zero-order valence-electron chi connectivity index (χ0n) is 17.6. The standard InChI is InChI=1S/C23H21N3O4S2/c1-3-29-23(28)21-17(12-18(32-21)15-6-4-14(2)5-7-15)24-19(27)8-9-20-25-26-22(30-20)16-10-11-31-13-16/h4-7,10-13H,3,8-9H2,1-2H3,(H,24,27). The van der Waals surface area contributed by atoms with Gasteiger partial charge in [0, 0.05) is 28.7 Å². The lowest BCUT2D eigenvalue weighted by atomic mass is 10.1. The largest absolute Gasteiger partial charge is 0.462 e. The Morgan fingerprint density at radius 2 is 1.94 bits per heavy atom. The highest BCUT2D eigenvalue weighted by Gasteiger charge is 2.20. The highest BCUT2D eigenvalue weighted by Crippen LogP contribution is 2.35. The van der Waals surface area contributed by atoms with Crippen molar-refractivity contribution in [3.63, 3.8) is 0 Å². The van der Waals surface area contributed by atoms with Crippen LogP contribution in [0.4, 0.5) is 5.69 Å². The van der Waals surface area contributed by atoms with Crippen molar-refractivity contribution in [2.75, 3.05) is 11.9 Å². The second-order valence-electron chi connectivity index (χ2n) is 7.00. The van der Waals surface area contributed by atoms with Crippen LogP contribution in [0.25, 0.3) is 21.9 Å². The summed E-state index contributed by atoms with van der Waals surface area (Å²) in [5.74, 6) is 0.118. The van der Waals surface area contributed by atoms with Gasteiger partial charge in [0.25, 0.3) is 0 Å². The van der Waals surface area contributed by atoms with E-state index in [1.54, 1.807) is 24.3 Å². The first kappa shape index (κ1) is 21.9. The van der Waals surface area contributed by atoms with Crippen LogP contribution in [0.1, 0.15) is 34.5 Å². The van der Waals surface area contributed by atoms with E-state index >= 15 is 0 Å². The fraction of sp³-hybridized carbons (Fsp3) is 0.217. The second kappa shape index (κ2) is 9.88. The number of aryl methyl sites for hydroxylation is 2. The Balaban J connectivity index is 1.46. The van der Waals surface area contributed by atoms with E-state index in [0.29, 0.717) is 28.8 Å². The molecule has 164 valence electrons. The summed E-state index contributed by atoms with van der Waals surface area (Å²) in [6.45, 7) is 4.02. The van der Waals surface area contributed by atoms with E-state index in [0.717, 1.165) is 21.6 Å². The van der Waals surface area contributed by atoms with Crippen LogP contribution in [-0.2, 0) is 16.0 Å². The maximum atomic E-state index is 12.6. The number of hydrogen-bond donors (Lipinski definition) is 1. The molecule has 3 heterocycles. The van der Waals surface area contributed by atoms with Gasteiger partial charge in [-0.25, -0.2) is 4.79 Å². The highest BCUT2D eigenvalue weighted by atomic mass is 32.1. The number of rotatable bonds is 8. The van der Waals surface area contributed by atoms with E-state index in [-0.39, 0.29) is 18.9 Å². The number of aromatic nitrogens is 2. The van der Waals surface area contributed by atoms with Gasteiger partial charge in [0.2, 0.25) is 17.7 Å². The normalized spacial score (nSPS) is 10.8. The molecule has 1 N–H and O–H groups in total. The van der Waals surface area contributed by atoms with E-state index < -0.39 is 5.97 Å². The molecule has 0 unspecified atom stereocenters. The average molecular weight is 468 g/mol. The first-order chi connectivity index (χ1) is 15.5. The highest BCUT2D eigenvalue weighted by molar-refractivity contribution is 7.18. The number of carbonyl (C=O) groups is 2. The van der Waals surface area contributed by atoms with Crippen LogP contribution in [0, 0.1) is 6.92 Å². The molecule has 1 aromatic carbocycles. The van der Waals surface area contributed by atoms with Gasteiger partial charge in [0.15, 0.2) is 0 Å². The van der Waals surface area contributed by atoms with Crippen LogP contribution in [-0.4, -0.2) is 28.7 Å². The summed E-state index contributed by atoms with van der Waals surface area (Å²) < 4.78 is 10.8. The minimum Gasteiger partial charge on any atom is -0.462 e. The summed E-state index contributed by atoms with van der Waals surface area (Å²) in [5.41, 5.74) is 3.42. The topological polar surface area (TPSA) is 94.3 Å². The van der Waals surface area contributed by atoms with Gasteiger partial charge in [0.05, 0.1) is 12.3 Å². The third-order valence-electron chi connectivity index (χ3n) is 4.60. The van der Waals surface area contributed by atoms with Crippen LogP contribution < -0.4 is 5.32 Å². The van der Waals surface area contributed by atoms with Crippen molar-refractivity contribution in [3.8, 4) is 21.9 Å². The van der Waals surface area contributed by atoms with Gasteiger partial charge in [-0.15, -0.1) is 21.5 Å². The number of amides is 1. The smallest absolute Gasteiger partial charge is 0.350 e. The summed E-state index contributed by atoms with van der Waals surface area (Å²) in [6.07, 6.45) is 0.440. The zero-order valence-corrected chi connectivity index (χ0v) is 19.2. The maximum Gasteiger partial charge on any atom is 0.350 e. The quantitative estimate of drug-likeness (QED) is 0.340. The molecule has 0 saturated heterocycles. The summed E-state index contributed by atoms with van der Waals surface area (Å²) >= 11 is 2.84. The van der Waals surface area contributed by atoms with Crippen molar-refractivity contribution in [2.45, 2.75) is 26.7 Å². The molecule has 0 aliphatic rings. The molecule has 0 atom stereocenters. The van der Waals surface area contributed by atoms with Gasteiger partial charge in [-0.05, 0) is 36.9 Å². The Kier molecular flexibility index (Phi) is 6.77. The predicted octanol–water partition coefficient (Wildman–Crippen LogP) is 5.58. The molecule has 3 aromatic heterocycles. The van der Waals surface area contributed by atoms with Crippen molar-refractivity contribution < 1.29 is 18.7 Å². The summed E-state index contributed by atoms with van der Waals surface area (Å²) in [4.78, 5) is 26.3. The number of nitrogens with zero attached hydrogens (tertiary/aromatic N) is 2. The minimum atomic E-state index is -0.455. The van der Waals surface area contributed by atoms with Crippen LogP contribution >= 0.6 is 22.7 Å². The SMILES string of the molecule is CCOC(=O)c1sc(-c2ccc(C)cc2)cc1NC(=O)CCc1nnc(-c2ccsc2)o1. The summed E-state index contributed by atoms with van der Waals surface area (Å²) in [6, 6.07) is 11.7. The van der Waals surface area contributed by atoms with Crippen molar-refractivity contribution in [3.05, 3.63) is 63.5 Å². The predicted molar refractivity (Wildman–Crippen MR) is 125 cm³/mol. The van der Waals surface area contributed by atoms with Crippen LogP contribution in [0.15, 0.2) is 51.6 Å². The van der Waals surface area contributed by atoms with Crippen LogP contribution in [0.5, 0.6) is 0 Å². The van der Waals surface area contributed by atoms with Crippen molar-refractivity contribution in [2.24, 2.45) is 0 Å². The number of nitrogens with one attached hydrogen (secondary N) is 1. The Morgan fingerprint density at radius 1 is 1.12 bits per heavy atom. The van der Waals surface area contributed by atoms with E-state index in [1.165, 1.54) is 11.3 Å². The van der Waals surface area contributed by atoms with Crippen molar-refractivity contribution >= 4 is 40.2 Å². The number of benzene rings is 1. The van der Waals surface area contributed by atoms with E-state index in [4.69, 9.17) is 9.15 Å². The van der Waals surface area contributed by atoms with Gasteiger partial charge < -0.3 is 14.5 Å². The number of hydrogen-bond acceptors (Lipinski definition) is 8. The third-order valence-corrected chi connectivity index (χ3v) is 6.45. The molecule has 32 heavy (non-hydrogen) atoms. The first-order valence-corrected chi connectivity index (χ1v) is 11.8. The fourth-order valence-electron chi connectivity index (χ4n) is 2.98. The van der Waals surface area contributed by atoms with Crippen LogP contribution in [0.2, 0.25) is 0 Å². The molecular weight excluding hydrogens is 446 g/mol. The number of ether oxygens (including phenoxy) is 1. The molecule has 9 heteroatoms.